The number of hydrogen-bond acceptors (Lipinski definition) is 4. The van der Waals surface area contributed by atoms with Crippen molar-refractivity contribution >= 4 is 37.7 Å². The number of para-hydroxylation sites is 1. The Morgan fingerprint density at radius 2 is 1.61 bits per heavy atom. The molecule has 0 radical (unpaired) electrons. The second-order valence-electron chi connectivity index (χ2n) is 9.57. The molecule has 198 valence electrons. The van der Waals surface area contributed by atoms with Crippen LogP contribution in [-0.4, -0.2) is 41.5 Å². The summed E-state index contributed by atoms with van der Waals surface area (Å²) in [5.74, 6) is 0.0735. The summed E-state index contributed by atoms with van der Waals surface area (Å²) in [5, 5.41) is 7.78. The molecule has 0 unspecified atom stereocenters. The van der Waals surface area contributed by atoms with Crippen LogP contribution < -0.4 is 5.32 Å². The smallest absolute Gasteiger partial charge is 0.243 e. The van der Waals surface area contributed by atoms with Gasteiger partial charge in [-0.3, -0.25) is 4.79 Å². The standard InChI is InChI=1S/C29H31BrN4O3S/c1-20(2)18-33(38(36,37)25-16-14-24(30)15-17-25)19-27(35)31-29-28(23-11-6-5-7-12-23)22(4)32-34(29)26-13-9-8-10-21(26)3/h5-17,20H,18-19H2,1-4H3,(H,31,35). The van der Waals surface area contributed by atoms with Crippen molar-refractivity contribution in [2.75, 3.05) is 18.4 Å². The predicted molar refractivity (Wildman–Crippen MR) is 155 cm³/mol. The Balaban J connectivity index is 1.73. The quantitative estimate of drug-likeness (QED) is 0.250. The lowest BCUT2D eigenvalue weighted by Gasteiger charge is -2.24. The van der Waals surface area contributed by atoms with Crippen molar-refractivity contribution in [3.05, 3.63) is 94.6 Å². The number of benzene rings is 3. The first-order valence-electron chi connectivity index (χ1n) is 12.3. The monoisotopic (exact) mass is 594 g/mol. The van der Waals surface area contributed by atoms with E-state index in [9.17, 15) is 13.2 Å². The van der Waals surface area contributed by atoms with Crippen molar-refractivity contribution in [2.45, 2.75) is 32.6 Å². The third kappa shape index (κ3) is 6.06. The summed E-state index contributed by atoms with van der Waals surface area (Å²) < 4.78 is 30.7. The van der Waals surface area contributed by atoms with Gasteiger partial charge in [0.1, 0.15) is 5.82 Å². The molecule has 38 heavy (non-hydrogen) atoms. The average molecular weight is 596 g/mol. The van der Waals surface area contributed by atoms with Crippen LogP contribution in [-0.2, 0) is 14.8 Å². The van der Waals surface area contributed by atoms with Crippen molar-refractivity contribution in [1.29, 1.82) is 0 Å². The van der Waals surface area contributed by atoms with Crippen molar-refractivity contribution < 1.29 is 13.2 Å². The lowest BCUT2D eigenvalue weighted by atomic mass is 10.1. The molecular formula is C29H31BrN4O3S. The Kier molecular flexibility index (Phi) is 8.50. The summed E-state index contributed by atoms with van der Waals surface area (Å²) in [5.41, 5.74) is 4.25. The van der Waals surface area contributed by atoms with E-state index in [2.05, 4.69) is 21.2 Å². The number of aromatic nitrogens is 2. The van der Waals surface area contributed by atoms with Gasteiger partial charge in [0.25, 0.3) is 0 Å². The number of amides is 1. The van der Waals surface area contributed by atoms with E-state index in [1.165, 1.54) is 16.4 Å². The van der Waals surface area contributed by atoms with Crippen LogP contribution in [0.3, 0.4) is 0 Å². The minimum Gasteiger partial charge on any atom is -0.309 e. The average Bonchev–Trinajstić information content (AvgIpc) is 3.19. The topological polar surface area (TPSA) is 84.3 Å². The molecular weight excluding hydrogens is 564 g/mol. The molecule has 0 atom stereocenters. The molecule has 0 aliphatic carbocycles. The fourth-order valence-electron chi connectivity index (χ4n) is 4.31. The van der Waals surface area contributed by atoms with Gasteiger partial charge in [-0.1, -0.05) is 78.3 Å². The minimum absolute atomic E-state index is 0.0210. The summed E-state index contributed by atoms with van der Waals surface area (Å²) in [4.78, 5) is 13.7. The van der Waals surface area contributed by atoms with E-state index in [0.29, 0.717) is 5.82 Å². The molecule has 0 aliphatic rings. The Morgan fingerprint density at radius 3 is 2.24 bits per heavy atom. The van der Waals surface area contributed by atoms with Gasteiger partial charge in [0.2, 0.25) is 15.9 Å². The van der Waals surface area contributed by atoms with E-state index in [1.54, 1.807) is 16.8 Å². The van der Waals surface area contributed by atoms with Gasteiger partial charge in [0.15, 0.2) is 0 Å². The Bertz CT molecular complexity index is 1530. The van der Waals surface area contributed by atoms with Gasteiger partial charge in [-0.2, -0.15) is 9.40 Å². The number of halogens is 1. The SMILES string of the molecule is Cc1ccccc1-n1nc(C)c(-c2ccccc2)c1NC(=O)CN(CC(C)C)S(=O)(=O)c1ccc(Br)cc1. The molecule has 1 N–H and O–H groups in total. The van der Waals surface area contributed by atoms with Crippen molar-refractivity contribution in [3.8, 4) is 16.8 Å². The number of hydrogen-bond donors (Lipinski definition) is 1. The first kappa shape index (κ1) is 27.8. The van der Waals surface area contributed by atoms with E-state index >= 15 is 0 Å². The van der Waals surface area contributed by atoms with Gasteiger partial charge in [0.05, 0.1) is 22.8 Å². The zero-order chi connectivity index (χ0) is 27.4. The normalized spacial score (nSPS) is 11.8. The third-order valence-electron chi connectivity index (χ3n) is 6.06. The highest BCUT2D eigenvalue weighted by Gasteiger charge is 2.29. The molecule has 0 saturated carbocycles. The number of anilines is 1. The summed E-state index contributed by atoms with van der Waals surface area (Å²) in [6.07, 6.45) is 0. The number of carbonyl (C=O) groups excluding carboxylic acids is 1. The summed E-state index contributed by atoms with van der Waals surface area (Å²) in [6, 6.07) is 23.9. The van der Waals surface area contributed by atoms with Crippen LogP contribution in [0.15, 0.2) is 88.2 Å². The van der Waals surface area contributed by atoms with E-state index < -0.39 is 15.9 Å². The number of nitrogens with one attached hydrogen (secondary N) is 1. The second-order valence-corrected chi connectivity index (χ2v) is 12.4. The van der Waals surface area contributed by atoms with Crippen molar-refractivity contribution in [2.24, 2.45) is 5.92 Å². The molecule has 3 aromatic carbocycles. The van der Waals surface area contributed by atoms with Crippen molar-refractivity contribution in [3.63, 3.8) is 0 Å². The molecule has 4 rings (SSSR count). The van der Waals surface area contributed by atoms with Gasteiger partial charge in [-0.15, -0.1) is 0 Å². The summed E-state index contributed by atoms with van der Waals surface area (Å²) in [7, 11) is -3.90. The maximum atomic E-state index is 13.5. The zero-order valence-electron chi connectivity index (χ0n) is 21.8. The van der Waals surface area contributed by atoms with Crippen LogP contribution in [0.25, 0.3) is 16.8 Å². The molecule has 9 heteroatoms. The molecule has 1 heterocycles. The minimum atomic E-state index is -3.90. The molecule has 7 nitrogen and oxygen atoms in total. The fourth-order valence-corrected chi connectivity index (χ4v) is 6.13. The summed E-state index contributed by atoms with van der Waals surface area (Å²) in [6.45, 7) is 7.60. The molecule has 0 fully saturated rings. The highest BCUT2D eigenvalue weighted by atomic mass is 79.9. The predicted octanol–water partition coefficient (Wildman–Crippen LogP) is 6.20. The van der Waals surface area contributed by atoms with Gasteiger partial charge >= 0.3 is 0 Å². The van der Waals surface area contributed by atoms with Crippen molar-refractivity contribution in [1.82, 2.24) is 14.1 Å². The number of rotatable bonds is 9. The molecule has 0 bridgehead atoms. The maximum absolute atomic E-state index is 13.5. The number of sulfonamides is 1. The van der Waals surface area contributed by atoms with E-state index in [4.69, 9.17) is 5.10 Å². The zero-order valence-corrected chi connectivity index (χ0v) is 24.3. The lowest BCUT2D eigenvalue weighted by molar-refractivity contribution is -0.116. The van der Waals surface area contributed by atoms with E-state index in [1.807, 2.05) is 82.3 Å². The Morgan fingerprint density at radius 1 is 0.974 bits per heavy atom. The second kappa shape index (κ2) is 11.6. The molecule has 1 amide bonds. The van der Waals surface area contributed by atoms with Crippen LogP contribution >= 0.6 is 15.9 Å². The molecule has 0 aliphatic heterocycles. The van der Waals surface area contributed by atoms with Gasteiger partial charge < -0.3 is 5.32 Å². The molecule has 1 aromatic heterocycles. The molecule has 4 aromatic rings. The fraction of sp³-hybridized carbons (Fsp3) is 0.241. The molecule has 0 saturated heterocycles. The third-order valence-corrected chi connectivity index (χ3v) is 8.42. The molecule has 0 spiro atoms. The number of carbonyl (C=O) groups is 1. The largest absolute Gasteiger partial charge is 0.309 e. The van der Waals surface area contributed by atoms with E-state index in [0.717, 1.165) is 32.5 Å². The van der Waals surface area contributed by atoms with E-state index in [-0.39, 0.29) is 23.9 Å². The van der Waals surface area contributed by atoms with Gasteiger partial charge in [0, 0.05) is 16.6 Å². The Labute approximate surface area is 232 Å². The first-order valence-corrected chi connectivity index (χ1v) is 14.6. The van der Waals surface area contributed by atoms with Gasteiger partial charge in [-0.25, -0.2) is 13.1 Å². The van der Waals surface area contributed by atoms with Gasteiger partial charge in [-0.05, 0) is 61.2 Å². The summed E-state index contributed by atoms with van der Waals surface area (Å²) >= 11 is 3.35. The highest BCUT2D eigenvalue weighted by molar-refractivity contribution is 9.10. The Hall–Kier alpha value is -3.27. The number of aryl methyl sites for hydroxylation is 2. The van der Waals surface area contributed by atoms with Crippen LogP contribution in [0.4, 0.5) is 5.82 Å². The van der Waals surface area contributed by atoms with Crippen LogP contribution in [0.5, 0.6) is 0 Å². The first-order chi connectivity index (χ1) is 18.1. The number of nitrogens with zero attached hydrogens (tertiary/aromatic N) is 3. The van der Waals surface area contributed by atoms with Crippen LogP contribution in [0, 0.1) is 19.8 Å². The highest BCUT2D eigenvalue weighted by Crippen LogP contribution is 2.34. The van der Waals surface area contributed by atoms with Crippen LogP contribution in [0.1, 0.15) is 25.1 Å². The maximum Gasteiger partial charge on any atom is 0.243 e. The van der Waals surface area contributed by atoms with Crippen LogP contribution in [0.2, 0.25) is 0 Å². The lowest BCUT2D eigenvalue weighted by Crippen LogP contribution is -2.40.